The topological polar surface area (TPSA) is 73.2 Å². The highest BCUT2D eigenvalue weighted by molar-refractivity contribution is 7.99. The van der Waals surface area contributed by atoms with Crippen LogP contribution in [0, 0.1) is 0 Å². The maximum absolute atomic E-state index is 12.4. The summed E-state index contributed by atoms with van der Waals surface area (Å²) in [6, 6.07) is 18.4. The second-order valence-electron chi connectivity index (χ2n) is 6.18. The van der Waals surface area contributed by atoms with Crippen LogP contribution in [0.3, 0.4) is 0 Å². The molecule has 0 fully saturated rings. The number of amides is 1. The monoisotopic (exact) mass is 423 g/mol. The van der Waals surface area contributed by atoms with E-state index in [0.717, 1.165) is 5.75 Å². The van der Waals surface area contributed by atoms with Crippen molar-refractivity contribution in [1.29, 1.82) is 0 Å². The van der Waals surface area contributed by atoms with Gasteiger partial charge in [-0.2, -0.15) is 0 Å². The number of benzene rings is 2. The molecule has 0 aliphatic heterocycles. The summed E-state index contributed by atoms with van der Waals surface area (Å²) in [6.07, 6.45) is 0. The van der Waals surface area contributed by atoms with Gasteiger partial charge in [0, 0.05) is 18.8 Å². The molecule has 1 amide bonds. The van der Waals surface area contributed by atoms with Crippen LogP contribution < -0.4 is 15.6 Å². The lowest BCUT2D eigenvalue weighted by molar-refractivity contribution is -0.113. The van der Waals surface area contributed by atoms with Crippen molar-refractivity contribution in [2.75, 3.05) is 11.1 Å². The Morgan fingerprint density at radius 2 is 1.93 bits per heavy atom. The molecule has 0 radical (unpaired) electrons. The summed E-state index contributed by atoms with van der Waals surface area (Å²) in [6.45, 7) is 0. The number of aromatic nitrogens is 2. The summed E-state index contributed by atoms with van der Waals surface area (Å²) in [5.41, 5.74) is 0.532. The number of ether oxygens (including phenoxy) is 1. The van der Waals surface area contributed by atoms with Crippen molar-refractivity contribution in [2.24, 2.45) is 7.05 Å². The van der Waals surface area contributed by atoms with Crippen molar-refractivity contribution in [2.45, 2.75) is 5.16 Å². The Bertz CT molecular complexity index is 1220. The molecule has 0 saturated carbocycles. The molecule has 2 aromatic heterocycles. The molecular weight excluding hydrogens is 406 g/mol. The van der Waals surface area contributed by atoms with E-state index in [1.54, 1.807) is 25.2 Å². The first-order chi connectivity index (χ1) is 14.1. The SMILES string of the molecule is Cn1c(SCC(=O)Nc2cccc(Oc3ccccc3)c2)nc2sccc2c1=O. The quantitative estimate of drug-likeness (QED) is 0.365. The van der Waals surface area contributed by atoms with Crippen molar-refractivity contribution in [1.82, 2.24) is 9.55 Å². The molecule has 0 saturated heterocycles. The molecular formula is C21H17N3O3S2. The predicted molar refractivity (Wildman–Crippen MR) is 117 cm³/mol. The third-order valence-corrected chi connectivity index (χ3v) is 5.93. The van der Waals surface area contributed by atoms with Crippen molar-refractivity contribution in [3.05, 3.63) is 76.4 Å². The van der Waals surface area contributed by atoms with Crippen LogP contribution in [-0.2, 0) is 11.8 Å². The number of hydrogen-bond acceptors (Lipinski definition) is 6. The number of anilines is 1. The molecule has 2 aromatic carbocycles. The summed E-state index contributed by atoms with van der Waals surface area (Å²) in [5, 5.41) is 5.80. The molecule has 29 heavy (non-hydrogen) atoms. The average molecular weight is 424 g/mol. The van der Waals surface area contributed by atoms with Gasteiger partial charge in [-0.25, -0.2) is 4.98 Å². The Labute approximate surface area is 175 Å². The van der Waals surface area contributed by atoms with Gasteiger partial charge in [0.15, 0.2) is 5.16 Å². The summed E-state index contributed by atoms with van der Waals surface area (Å²) >= 11 is 2.64. The van der Waals surface area contributed by atoms with Gasteiger partial charge in [-0.1, -0.05) is 36.0 Å². The van der Waals surface area contributed by atoms with E-state index in [0.29, 0.717) is 26.8 Å². The second-order valence-corrected chi connectivity index (χ2v) is 8.01. The Balaban J connectivity index is 1.41. The van der Waals surface area contributed by atoms with Crippen LogP contribution >= 0.6 is 23.1 Å². The lowest BCUT2D eigenvalue weighted by atomic mass is 10.3. The molecule has 0 bridgehead atoms. The molecule has 4 aromatic rings. The third-order valence-electron chi connectivity index (χ3n) is 4.09. The van der Waals surface area contributed by atoms with Gasteiger partial charge in [-0.05, 0) is 35.7 Å². The fourth-order valence-electron chi connectivity index (χ4n) is 2.70. The zero-order valence-electron chi connectivity index (χ0n) is 15.5. The van der Waals surface area contributed by atoms with Crippen LogP contribution in [0.15, 0.2) is 76.0 Å². The Kier molecular flexibility index (Phi) is 5.64. The number of carbonyl (C=O) groups is 1. The minimum absolute atomic E-state index is 0.107. The number of thioether (sulfide) groups is 1. The predicted octanol–water partition coefficient (Wildman–Crippen LogP) is 4.52. The van der Waals surface area contributed by atoms with Gasteiger partial charge in [-0.3, -0.25) is 14.2 Å². The highest BCUT2D eigenvalue weighted by atomic mass is 32.2. The Morgan fingerprint density at radius 3 is 2.76 bits per heavy atom. The third kappa shape index (κ3) is 4.49. The highest BCUT2D eigenvalue weighted by Crippen LogP contribution is 2.24. The van der Waals surface area contributed by atoms with Gasteiger partial charge in [0.25, 0.3) is 5.56 Å². The van der Waals surface area contributed by atoms with E-state index in [2.05, 4.69) is 10.3 Å². The number of nitrogens with one attached hydrogen (secondary N) is 1. The number of fused-ring (bicyclic) bond motifs is 1. The van der Waals surface area contributed by atoms with Gasteiger partial charge >= 0.3 is 0 Å². The summed E-state index contributed by atoms with van der Waals surface area (Å²) in [7, 11) is 1.66. The van der Waals surface area contributed by atoms with Gasteiger partial charge < -0.3 is 10.1 Å². The minimum atomic E-state index is -0.188. The number of para-hydroxylation sites is 1. The molecule has 0 spiro atoms. The lowest BCUT2D eigenvalue weighted by Crippen LogP contribution is -2.20. The molecule has 4 rings (SSSR count). The fraction of sp³-hybridized carbons (Fsp3) is 0.0952. The maximum Gasteiger partial charge on any atom is 0.262 e. The molecule has 0 unspecified atom stereocenters. The number of carbonyl (C=O) groups excluding carboxylic acids is 1. The standard InChI is InChI=1S/C21H17N3O3S2/c1-24-20(26)17-10-11-28-19(17)23-21(24)29-13-18(25)22-14-6-5-9-16(12-14)27-15-7-3-2-4-8-15/h2-12H,13H2,1H3,(H,22,25). The van der Waals surface area contributed by atoms with E-state index in [-0.39, 0.29) is 17.2 Å². The van der Waals surface area contributed by atoms with Crippen molar-refractivity contribution in [3.63, 3.8) is 0 Å². The van der Waals surface area contributed by atoms with Crippen molar-refractivity contribution in [3.8, 4) is 11.5 Å². The van der Waals surface area contributed by atoms with E-state index in [9.17, 15) is 9.59 Å². The van der Waals surface area contributed by atoms with E-state index in [1.165, 1.54) is 27.7 Å². The largest absolute Gasteiger partial charge is 0.457 e. The zero-order valence-corrected chi connectivity index (χ0v) is 17.1. The van der Waals surface area contributed by atoms with Crippen LogP contribution in [0.4, 0.5) is 5.69 Å². The number of nitrogens with zero attached hydrogens (tertiary/aromatic N) is 2. The molecule has 0 atom stereocenters. The molecule has 8 heteroatoms. The first-order valence-corrected chi connectivity index (χ1v) is 10.7. The molecule has 0 aliphatic rings. The molecule has 0 aliphatic carbocycles. The number of hydrogen-bond donors (Lipinski definition) is 1. The first-order valence-electron chi connectivity index (χ1n) is 8.80. The molecule has 146 valence electrons. The van der Waals surface area contributed by atoms with Gasteiger partial charge in [-0.15, -0.1) is 11.3 Å². The first kappa shape index (κ1) is 19.2. The second kappa shape index (κ2) is 8.50. The van der Waals surface area contributed by atoms with Crippen LogP contribution in [0.25, 0.3) is 10.2 Å². The summed E-state index contributed by atoms with van der Waals surface area (Å²) in [5.74, 6) is 1.31. The zero-order chi connectivity index (χ0) is 20.2. The van der Waals surface area contributed by atoms with E-state index in [4.69, 9.17) is 4.74 Å². The van der Waals surface area contributed by atoms with E-state index in [1.807, 2.05) is 47.8 Å². The summed E-state index contributed by atoms with van der Waals surface area (Å²) in [4.78, 5) is 29.9. The Hall–Kier alpha value is -3.10. The van der Waals surface area contributed by atoms with Crippen molar-refractivity contribution >= 4 is 44.9 Å². The number of thiophene rings is 1. The molecule has 2 heterocycles. The lowest BCUT2D eigenvalue weighted by Gasteiger charge is -2.10. The molecule has 6 nitrogen and oxygen atoms in total. The van der Waals surface area contributed by atoms with Gasteiger partial charge in [0.05, 0.1) is 11.1 Å². The minimum Gasteiger partial charge on any atom is -0.457 e. The Morgan fingerprint density at radius 1 is 1.14 bits per heavy atom. The van der Waals surface area contributed by atoms with Crippen molar-refractivity contribution < 1.29 is 9.53 Å². The molecule has 1 N–H and O–H groups in total. The van der Waals surface area contributed by atoms with Crippen LogP contribution in [0.5, 0.6) is 11.5 Å². The highest BCUT2D eigenvalue weighted by Gasteiger charge is 2.12. The van der Waals surface area contributed by atoms with Gasteiger partial charge in [0.1, 0.15) is 16.3 Å². The van der Waals surface area contributed by atoms with Crippen LogP contribution in [0.1, 0.15) is 0 Å². The fourth-order valence-corrected chi connectivity index (χ4v) is 4.28. The average Bonchev–Trinajstić information content (AvgIpc) is 3.19. The van der Waals surface area contributed by atoms with Gasteiger partial charge in [0.2, 0.25) is 5.91 Å². The maximum atomic E-state index is 12.4. The van der Waals surface area contributed by atoms with Crippen LogP contribution in [-0.4, -0.2) is 21.2 Å². The summed E-state index contributed by atoms with van der Waals surface area (Å²) < 4.78 is 7.26. The normalized spacial score (nSPS) is 10.8. The van der Waals surface area contributed by atoms with Crippen LogP contribution in [0.2, 0.25) is 0 Å². The van der Waals surface area contributed by atoms with E-state index >= 15 is 0 Å². The van der Waals surface area contributed by atoms with E-state index < -0.39 is 0 Å². The smallest absolute Gasteiger partial charge is 0.262 e. The number of rotatable bonds is 6.